The van der Waals surface area contributed by atoms with Gasteiger partial charge in [-0.3, -0.25) is 4.98 Å². The van der Waals surface area contributed by atoms with Gasteiger partial charge in [-0.1, -0.05) is 126 Å². The SMILES string of the molecule is c1ccc(-c2nc(-c3ccccc3)nc(-c3ccc(N4c5ccccc5Oc5c4cc4c6c5N(c5ccncc5)c5ccccc5B6c5ccccc5S4)cc3)n2)cc1. The number of hydrogen-bond acceptors (Lipinski definition) is 8. The first-order valence-electron chi connectivity index (χ1n) is 19.6. The third-order valence-electron chi connectivity index (χ3n) is 11.3. The molecule has 59 heavy (non-hydrogen) atoms. The molecule has 0 fully saturated rings. The van der Waals surface area contributed by atoms with Crippen molar-refractivity contribution in [2.24, 2.45) is 0 Å². The van der Waals surface area contributed by atoms with Gasteiger partial charge in [0.2, 0.25) is 6.71 Å². The number of aromatic nitrogens is 4. The predicted octanol–water partition coefficient (Wildman–Crippen LogP) is 10.6. The molecular weight excluding hydrogens is 743 g/mol. The minimum atomic E-state index is 0.0347. The van der Waals surface area contributed by atoms with Gasteiger partial charge in [0, 0.05) is 55.9 Å². The topological polar surface area (TPSA) is 67.3 Å². The molecule has 12 rings (SSSR count). The van der Waals surface area contributed by atoms with E-state index in [2.05, 4.69) is 124 Å². The van der Waals surface area contributed by atoms with Crippen molar-refractivity contribution < 1.29 is 4.74 Å². The molecule has 0 radical (unpaired) electrons. The number of ether oxygens (including phenoxy) is 1. The maximum absolute atomic E-state index is 7.12. The molecule has 3 aliphatic rings. The van der Waals surface area contributed by atoms with E-state index in [9.17, 15) is 0 Å². The van der Waals surface area contributed by atoms with Gasteiger partial charge < -0.3 is 14.5 Å². The van der Waals surface area contributed by atoms with Crippen molar-refractivity contribution in [1.29, 1.82) is 0 Å². The highest BCUT2D eigenvalue weighted by atomic mass is 32.2. The van der Waals surface area contributed by atoms with Crippen molar-refractivity contribution >= 4 is 69.0 Å². The predicted molar refractivity (Wildman–Crippen MR) is 239 cm³/mol. The van der Waals surface area contributed by atoms with E-state index in [1.165, 1.54) is 26.2 Å². The van der Waals surface area contributed by atoms with Gasteiger partial charge in [-0.15, -0.1) is 0 Å². The highest BCUT2D eigenvalue weighted by molar-refractivity contribution is 8.00. The molecule has 0 bridgehead atoms. The van der Waals surface area contributed by atoms with E-state index in [-0.39, 0.29) is 6.71 Å². The molecule has 9 aromatic rings. The van der Waals surface area contributed by atoms with Gasteiger partial charge in [-0.05, 0) is 77.7 Å². The molecule has 0 N–H and O–H groups in total. The molecule has 5 heterocycles. The van der Waals surface area contributed by atoms with Crippen molar-refractivity contribution in [3.63, 3.8) is 0 Å². The summed E-state index contributed by atoms with van der Waals surface area (Å²) >= 11 is 1.83. The minimum Gasteiger partial charge on any atom is -0.451 e. The maximum Gasteiger partial charge on any atom is 0.249 e. The lowest BCUT2D eigenvalue weighted by molar-refractivity contribution is 0.478. The zero-order valence-corrected chi connectivity index (χ0v) is 32.3. The van der Waals surface area contributed by atoms with Crippen LogP contribution in [0.2, 0.25) is 0 Å². The van der Waals surface area contributed by atoms with Gasteiger partial charge in [0.25, 0.3) is 0 Å². The first-order chi connectivity index (χ1) is 29.3. The summed E-state index contributed by atoms with van der Waals surface area (Å²) < 4.78 is 7.12. The first kappa shape index (κ1) is 33.6. The van der Waals surface area contributed by atoms with E-state index in [0.29, 0.717) is 17.5 Å². The first-order valence-corrected chi connectivity index (χ1v) is 20.4. The summed E-state index contributed by atoms with van der Waals surface area (Å²) in [6.07, 6.45) is 3.72. The van der Waals surface area contributed by atoms with E-state index >= 15 is 0 Å². The molecule has 0 spiro atoms. The Morgan fingerprint density at radius 1 is 0.458 bits per heavy atom. The van der Waals surface area contributed by atoms with Crippen molar-refractivity contribution in [2.75, 3.05) is 9.80 Å². The quantitative estimate of drug-likeness (QED) is 0.160. The Kier molecular flexibility index (Phi) is 7.74. The fourth-order valence-corrected chi connectivity index (χ4v) is 9.83. The number of para-hydroxylation sites is 3. The summed E-state index contributed by atoms with van der Waals surface area (Å²) in [6.45, 7) is 0.0347. The van der Waals surface area contributed by atoms with Crippen LogP contribution in [-0.4, -0.2) is 26.6 Å². The Morgan fingerprint density at radius 3 is 1.71 bits per heavy atom. The summed E-state index contributed by atoms with van der Waals surface area (Å²) in [5.41, 5.74) is 12.7. The standard InChI is InChI=1S/C50H31BN6OS/c1-3-13-32(14-4-1)48-53-49(33-15-5-2-6-16-33)55-50(54-48)34-23-25-35(26-24-34)56-40-20-10-11-21-42(40)58-47-41(56)31-44-45-46(47)57(36-27-29-52-30-28-36)39-19-9-7-17-37(39)51(45)38-18-8-12-22-43(38)59-44/h1-31H. The maximum atomic E-state index is 7.12. The van der Waals surface area contributed by atoms with Crippen molar-refractivity contribution in [3.8, 4) is 45.7 Å². The molecule has 7 nitrogen and oxygen atoms in total. The average molecular weight is 775 g/mol. The van der Waals surface area contributed by atoms with Crippen LogP contribution in [0.25, 0.3) is 34.2 Å². The molecule has 0 aliphatic carbocycles. The van der Waals surface area contributed by atoms with Crippen LogP contribution in [0, 0.1) is 0 Å². The number of benzene rings is 7. The lowest BCUT2D eigenvalue weighted by Crippen LogP contribution is -2.60. The van der Waals surface area contributed by atoms with Gasteiger partial charge in [0.1, 0.15) is 0 Å². The molecule has 0 saturated carbocycles. The van der Waals surface area contributed by atoms with E-state index in [1.807, 2.05) is 90.9 Å². The highest BCUT2D eigenvalue weighted by Crippen LogP contribution is 2.57. The zero-order valence-electron chi connectivity index (χ0n) is 31.5. The van der Waals surface area contributed by atoms with E-state index in [1.54, 1.807) is 0 Å². The number of hydrogen-bond donors (Lipinski definition) is 0. The fourth-order valence-electron chi connectivity index (χ4n) is 8.65. The van der Waals surface area contributed by atoms with Gasteiger partial charge >= 0.3 is 0 Å². The molecule has 0 unspecified atom stereocenters. The number of fused-ring (bicyclic) bond motifs is 7. The Bertz CT molecular complexity index is 3020. The average Bonchev–Trinajstić information content (AvgIpc) is 3.31. The van der Waals surface area contributed by atoms with Crippen LogP contribution in [0.15, 0.2) is 198 Å². The summed E-state index contributed by atoms with van der Waals surface area (Å²) in [5.74, 6) is 3.46. The third-order valence-corrected chi connectivity index (χ3v) is 12.4. The molecule has 0 saturated heterocycles. The van der Waals surface area contributed by atoms with E-state index < -0.39 is 0 Å². The Morgan fingerprint density at radius 2 is 1.02 bits per heavy atom. The van der Waals surface area contributed by atoms with Crippen LogP contribution in [0.3, 0.4) is 0 Å². The molecule has 7 aromatic carbocycles. The minimum absolute atomic E-state index is 0.0347. The summed E-state index contributed by atoms with van der Waals surface area (Å²) in [7, 11) is 0. The Labute approximate surface area is 345 Å². The second kappa shape index (κ2) is 13.6. The number of pyridine rings is 1. The Balaban J connectivity index is 1.05. The second-order valence-corrected chi connectivity index (χ2v) is 15.7. The molecule has 9 heteroatoms. The van der Waals surface area contributed by atoms with Gasteiger partial charge in [0.05, 0.1) is 17.1 Å². The van der Waals surface area contributed by atoms with Gasteiger partial charge in [-0.25, -0.2) is 15.0 Å². The van der Waals surface area contributed by atoms with Crippen LogP contribution in [-0.2, 0) is 0 Å². The van der Waals surface area contributed by atoms with Crippen LogP contribution in [0.1, 0.15) is 0 Å². The molecule has 3 aliphatic heterocycles. The fraction of sp³-hybridized carbons (Fsp3) is 0. The third kappa shape index (κ3) is 5.46. The normalized spacial score (nSPS) is 13.1. The van der Waals surface area contributed by atoms with Gasteiger partial charge in [-0.2, -0.15) is 0 Å². The van der Waals surface area contributed by atoms with E-state index in [4.69, 9.17) is 19.7 Å². The summed E-state index contributed by atoms with van der Waals surface area (Å²) in [6, 6.07) is 61.0. The van der Waals surface area contributed by atoms with Crippen LogP contribution in [0.5, 0.6) is 11.5 Å². The highest BCUT2D eigenvalue weighted by Gasteiger charge is 2.45. The smallest absolute Gasteiger partial charge is 0.249 e. The van der Waals surface area contributed by atoms with Crippen molar-refractivity contribution in [1.82, 2.24) is 19.9 Å². The summed E-state index contributed by atoms with van der Waals surface area (Å²) in [4.78, 5) is 26.5. The number of anilines is 6. The summed E-state index contributed by atoms with van der Waals surface area (Å²) in [5, 5.41) is 0. The molecule has 0 atom stereocenters. The molecule has 276 valence electrons. The zero-order chi connectivity index (χ0) is 38.9. The second-order valence-electron chi connectivity index (χ2n) is 14.6. The molecular formula is C50H31BN6OS. The van der Waals surface area contributed by atoms with Crippen LogP contribution in [0.4, 0.5) is 34.1 Å². The largest absolute Gasteiger partial charge is 0.451 e. The molecule has 2 aromatic heterocycles. The number of rotatable bonds is 5. The van der Waals surface area contributed by atoms with E-state index in [0.717, 1.165) is 62.3 Å². The van der Waals surface area contributed by atoms with Crippen molar-refractivity contribution in [3.05, 3.63) is 188 Å². The number of nitrogens with zero attached hydrogens (tertiary/aromatic N) is 6. The van der Waals surface area contributed by atoms with Gasteiger partial charge in [0.15, 0.2) is 29.0 Å². The monoisotopic (exact) mass is 774 g/mol. The molecule has 0 amide bonds. The lowest BCUT2D eigenvalue weighted by atomic mass is 9.35. The Hall–Kier alpha value is -7.49. The lowest BCUT2D eigenvalue weighted by Gasteiger charge is -2.43. The van der Waals surface area contributed by atoms with Crippen LogP contribution >= 0.6 is 11.8 Å². The van der Waals surface area contributed by atoms with Crippen LogP contribution < -0.4 is 30.9 Å². The van der Waals surface area contributed by atoms with Crippen molar-refractivity contribution in [2.45, 2.75) is 9.79 Å².